The van der Waals surface area contributed by atoms with Crippen LogP contribution in [0.3, 0.4) is 0 Å². The first-order valence-electron chi connectivity index (χ1n) is 9.62. The number of benzene rings is 2. The number of nitrogens with zero attached hydrogens (tertiary/aromatic N) is 3. The van der Waals surface area contributed by atoms with Gasteiger partial charge in [-0.25, -0.2) is 4.79 Å². The maximum atomic E-state index is 11.1. The summed E-state index contributed by atoms with van der Waals surface area (Å²) in [5.41, 5.74) is 2.56. The lowest BCUT2D eigenvalue weighted by molar-refractivity contribution is -0.139. The van der Waals surface area contributed by atoms with Gasteiger partial charge in [0.1, 0.15) is 0 Å². The minimum Gasteiger partial charge on any atom is -0.493 e. The molecule has 1 atom stereocenters. The Bertz CT molecular complexity index is 1160. The number of rotatable bonds is 7. The number of fused-ring (bicyclic) bond motifs is 3. The van der Waals surface area contributed by atoms with Crippen molar-refractivity contribution in [2.75, 3.05) is 24.8 Å². The van der Waals surface area contributed by atoms with Gasteiger partial charge in [-0.05, 0) is 36.1 Å². The molecule has 9 nitrogen and oxygen atoms in total. The van der Waals surface area contributed by atoms with Crippen molar-refractivity contribution in [2.24, 2.45) is 0 Å². The van der Waals surface area contributed by atoms with Crippen LogP contribution in [0.15, 0.2) is 46.0 Å². The van der Waals surface area contributed by atoms with Crippen LogP contribution in [0.2, 0.25) is 0 Å². The average molecular weight is 519 g/mol. The molecule has 1 aromatic heterocycles. The Morgan fingerprint density at radius 3 is 2.91 bits per heavy atom. The third kappa shape index (κ3) is 4.58. The summed E-state index contributed by atoms with van der Waals surface area (Å²) >= 11 is 4.95. The first-order valence-corrected chi connectivity index (χ1v) is 11.4. The second-order valence-corrected chi connectivity index (χ2v) is 8.72. The second kappa shape index (κ2) is 9.61. The molecule has 0 bridgehead atoms. The van der Waals surface area contributed by atoms with Crippen LogP contribution in [0.4, 0.5) is 5.69 Å². The summed E-state index contributed by atoms with van der Waals surface area (Å²) in [4.78, 5) is 15.7. The van der Waals surface area contributed by atoms with E-state index < -0.39 is 18.8 Å². The number of ether oxygens (including phenoxy) is 3. The van der Waals surface area contributed by atoms with Crippen molar-refractivity contribution in [3.8, 4) is 28.6 Å². The molecule has 3 aromatic rings. The Hall–Kier alpha value is -3.05. The van der Waals surface area contributed by atoms with Crippen molar-refractivity contribution < 1.29 is 24.1 Å². The summed E-state index contributed by atoms with van der Waals surface area (Å²) in [5, 5.41) is 21.5. The lowest BCUT2D eigenvalue weighted by atomic mass is 10.1. The van der Waals surface area contributed by atoms with Crippen LogP contribution in [0.25, 0.3) is 11.3 Å². The van der Waals surface area contributed by atoms with Gasteiger partial charge in [-0.2, -0.15) is 4.98 Å². The Labute approximate surface area is 196 Å². The van der Waals surface area contributed by atoms with E-state index in [1.807, 2.05) is 25.1 Å². The van der Waals surface area contributed by atoms with Crippen molar-refractivity contribution in [1.82, 2.24) is 15.2 Å². The minimum absolute atomic E-state index is 0.266. The average Bonchev–Trinajstić information content (AvgIpc) is 2.93. The van der Waals surface area contributed by atoms with Gasteiger partial charge < -0.3 is 24.6 Å². The molecule has 0 spiro atoms. The van der Waals surface area contributed by atoms with Crippen molar-refractivity contribution in [3.05, 3.63) is 46.4 Å². The fourth-order valence-electron chi connectivity index (χ4n) is 3.19. The van der Waals surface area contributed by atoms with Crippen molar-refractivity contribution in [2.45, 2.75) is 18.3 Å². The standard InChI is InChI=1S/C21H19BrN4O5S/c1-3-32-21-24-20-17(25-26-21)13-9-11(22)7-8-14(13)23-19(31-20)12-5-4-6-15(29-2)18(12)30-10-16(27)28/h4-9,19,23H,3,10H2,1-2H3,(H,27,28)/t19-/m0/s1. The normalized spacial score (nSPS) is 14.3. The number of methoxy groups -OCH3 is 1. The monoisotopic (exact) mass is 518 g/mol. The molecule has 0 aliphatic carbocycles. The third-order valence-corrected chi connectivity index (χ3v) is 5.73. The number of carbonyl (C=O) groups is 1. The molecule has 0 fully saturated rings. The minimum atomic E-state index is -1.10. The van der Waals surface area contributed by atoms with Gasteiger partial charge in [0.25, 0.3) is 0 Å². The molecule has 0 saturated carbocycles. The smallest absolute Gasteiger partial charge is 0.341 e. The lowest BCUT2D eigenvalue weighted by Crippen LogP contribution is -2.20. The number of anilines is 1. The summed E-state index contributed by atoms with van der Waals surface area (Å²) < 4.78 is 18.1. The Balaban J connectivity index is 1.84. The SMILES string of the molecule is CCSc1nnc2c(n1)O[C@@H](c1cccc(OC)c1OCC(=O)O)Nc1ccc(Br)cc1-2. The molecule has 11 heteroatoms. The van der Waals surface area contributed by atoms with E-state index >= 15 is 0 Å². The third-order valence-electron chi connectivity index (χ3n) is 4.51. The van der Waals surface area contributed by atoms with E-state index in [1.54, 1.807) is 18.2 Å². The summed E-state index contributed by atoms with van der Waals surface area (Å²) in [6, 6.07) is 10.9. The molecule has 0 unspecified atom stereocenters. The van der Waals surface area contributed by atoms with Crippen LogP contribution in [0.5, 0.6) is 17.4 Å². The number of carboxylic acid groups (broad SMARTS) is 1. The van der Waals surface area contributed by atoms with E-state index in [-0.39, 0.29) is 5.75 Å². The van der Waals surface area contributed by atoms with Gasteiger partial charge in [-0.15, -0.1) is 10.2 Å². The molecule has 2 N–H and O–H groups in total. The van der Waals surface area contributed by atoms with Crippen LogP contribution in [-0.2, 0) is 4.79 Å². The first-order chi connectivity index (χ1) is 15.5. The maximum Gasteiger partial charge on any atom is 0.341 e. The maximum absolute atomic E-state index is 11.1. The zero-order valence-electron chi connectivity index (χ0n) is 17.2. The van der Waals surface area contributed by atoms with E-state index in [1.165, 1.54) is 18.9 Å². The molecule has 0 radical (unpaired) electrons. The highest BCUT2D eigenvalue weighted by molar-refractivity contribution is 9.10. The van der Waals surface area contributed by atoms with Crippen LogP contribution in [0, 0.1) is 0 Å². The van der Waals surface area contributed by atoms with E-state index in [9.17, 15) is 4.79 Å². The van der Waals surface area contributed by atoms with Gasteiger partial charge in [-0.1, -0.05) is 40.7 Å². The van der Waals surface area contributed by atoms with Gasteiger partial charge >= 0.3 is 5.97 Å². The summed E-state index contributed by atoms with van der Waals surface area (Å²) in [7, 11) is 1.49. The quantitative estimate of drug-likeness (QED) is 0.436. The molecule has 1 aliphatic heterocycles. The van der Waals surface area contributed by atoms with Gasteiger partial charge in [0.05, 0.1) is 12.7 Å². The summed E-state index contributed by atoms with van der Waals surface area (Å²) in [6.45, 7) is 1.47. The summed E-state index contributed by atoms with van der Waals surface area (Å²) in [6.07, 6.45) is -0.758. The number of carboxylic acids is 1. The molecular formula is C21H19BrN4O5S. The Kier molecular flexibility index (Phi) is 6.66. The molecule has 166 valence electrons. The number of hydrogen-bond acceptors (Lipinski definition) is 9. The van der Waals surface area contributed by atoms with Crippen molar-refractivity contribution in [3.63, 3.8) is 0 Å². The number of halogens is 1. The first kappa shape index (κ1) is 22.2. The molecule has 1 aliphatic rings. The van der Waals surface area contributed by atoms with Gasteiger partial charge in [0, 0.05) is 15.7 Å². The highest BCUT2D eigenvalue weighted by Gasteiger charge is 2.29. The lowest BCUT2D eigenvalue weighted by Gasteiger charge is -2.22. The number of aliphatic carboxylic acids is 1. The highest BCUT2D eigenvalue weighted by Crippen LogP contribution is 2.43. The van der Waals surface area contributed by atoms with Crippen LogP contribution >= 0.6 is 27.7 Å². The zero-order valence-corrected chi connectivity index (χ0v) is 19.6. The predicted octanol–water partition coefficient (Wildman–Crippen LogP) is 4.39. The fourth-order valence-corrected chi connectivity index (χ4v) is 4.05. The highest BCUT2D eigenvalue weighted by atomic mass is 79.9. The van der Waals surface area contributed by atoms with Gasteiger partial charge in [0.15, 0.2) is 23.8 Å². The predicted molar refractivity (Wildman–Crippen MR) is 122 cm³/mol. The van der Waals surface area contributed by atoms with E-state index in [0.717, 1.165) is 21.5 Å². The molecule has 0 amide bonds. The largest absolute Gasteiger partial charge is 0.493 e. The van der Waals surface area contributed by atoms with E-state index in [4.69, 9.17) is 19.3 Å². The number of aromatic nitrogens is 3. The Morgan fingerprint density at radius 1 is 1.31 bits per heavy atom. The van der Waals surface area contributed by atoms with Crippen LogP contribution < -0.4 is 19.5 Å². The molecule has 4 rings (SSSR count). The number of nitrogens with one attached hydrogen (secondary N) is 1. The molecule has 2 aromatic carbocycles. The fraction of sp³-hybridized carbons (Fsp3) is 0.238. The topological polar surface area (TPSA) is 116 Å². The van der Waals surface area contributed by atoms with Crippen LogP contribution in [0.1, 0.15) is 18.7 Å². The van der Waals surface area contributed by atoms with Crippen LogP contribution in [-0.4, -0.2) is 45.7 Å². The second-order valence-electron chi connectivity index (χ2n) is 6.57. The van der Waals surface area contributed by atoms with Crippen molar-refractivity contribution >= 4 is 39.3 Å². The molecule has 32 heavy (non-hydrogen) atoms. The zero-order chi connectivity index (χ0) is 22.7. The van der Waals surface area contributed by atoms with Gasteiger partial charge in [0.2, 0.25) is 17.3 Å². The molecular weight excluding hydrogens is 500 g/mol. The Morgan fingerprint density at radius 2 is 2.16 bits per heavy atom. The van der Waals surface area contributed by atoms with E-state index in [2.05, 4.69) is 36.4 Å². The van der Waals surface area contributed by atoms with E-state index in [0.29, 0.717) is 28.0 Å². The number of hydrogen-bond donors (Lipinski definition) is 2. The number of para-hydroxylation sites is 1. The van der Waals surface area contributed by atoms with Crippen molar-refractivity contribution in [1.29, 1.82) is 0 Å². The van der Waals surface area contributed by atoms with Gasteiger partial charge in [-0.3, -0.25) is 0 Å². The number of thioether (sulfide) groups is 1. The molecule has 2 heterocycles. The summed E-state index contributed by atoms with van der Waals surface area (Å²) in [5.74, 6) is 0.639. The molecule has 0 saturated heterocycles.